The van der Waals surface area contributed by atoms with E-state index in [1.807, 2.05) is 0 Å². The van der Waals surface area contributed by atoms with Crippen LogP contribution in [-0.4, -0.2) is 37.2 Å². The van der Waals surface area contributed by atoms with E-state index >= 15 is 0 Å². The maximum absolute atomic E-state index is 13.0. The Kier molecular flexibility index (Phi) is 68.1. The summed E-state index contributed by atoms with van der Waals surface area (Å²) in [6.07, 6.45) is 87.4. The quantitative estimate of drug-likeness (QED) is 0.0261. The minimum Gasteiger partial charge on any atom is -0.462 e. The molecule has 6 heteroatoms. The summed E-state index contributed by atoms with van der Waals surface area (Å²) in [4.78, 5) is 38.5. The van der Waals surface area contributed by atoms with Gasteiger partial charge in [0.25, 0.3) is 0 Å². The highest BCUT2D eigenvalue weighted by Crippen LogP contribution is 2.18. The van der Waals surface area contributed by atoms with Gasteiger partial charge in [0.1, 0.15) is 13.2 Å². The zero-order valence-corrected chi connectivity index (χ0v) is 54.8. The van der Waals surface area contributed by atoms with Crippen molar-refractivity contribution in [1.82, 2.24) is 0 Å². The SMILES string of the molecule is CCCCCCC/C=C\C/C=C\CCCCCCCCCCCCCCCC(=O)OCC(COC(=O)CCCCCCCCCCCCCCCCC)OC(=O)CCCCCCCCCCCCC/C=C\CCCCCCCCCC. The van der Waals surface area contributed by atoms with Crippen molar-refractivity contribution >= 4 is 17.9 Å². The molecule has 0 fully saturated rings. The van der Waals surface area contributed by atoms with E-state index in [2.05, 4.69) is 57.2 Å². The van der Waals surface area contributed by atoms with Crippen molar-refractivity contribution in [3.8, 4) is 0 Å². The van der Waals surface area contributed by atoms with Crippen LogP contribution in [0.4, 0.5) is 0 Å². The Labute approximate surface area is 506 Å². The Hall–Kier alpha value is -2.37. The molecule has 0 aromatic heterocycles. The lowest BCUT2D eigenvalue weighted by Gasteiger charge is -2.18. The van der Waals surface area contributed by atoms with Gasteiger partial charge in [-0.25, -0.2) is 0 Å². The third kappa shape index (κ3) is 68.3. The Bertz CT molecular complexity index is 1350. The van der Waals surface area contributed by atoms with E-state index in [-0.39, 0.29) is 31.1 Å². The smallest absolute Gasteiger partial charge is 0.306 e. The molecule has 1 unspecified atom stereocenters. The number of ether oxygens (including phenoxy) is 3. The zero-order chi connectivity index (χ0) is 58.5. The average Bonchev–Trinajstić information content (AvgIpc) is 3.47. The summed E-state index contributed by atoms with van der Waals surface area (Å²) >= 11 is 0. The predicted octanol–water partition coefficient (Wildman–Crippen LogP) is 25.1. The van der Waals surface area contributed by atoms with Gasteiger partial charge in [0, 0.05) is 19.3 Å². The van der Waals surface area contributed by atoms with E-state index in [1.165, 1.54) is 302 Å². The minimum absolute atomic E-state index is 0.0668. The minimum atomic E-state index is -0.771. The van der Waals surface area contributed by atoms with Crippen molar-refractivity contribution < 1.29 is 28.6 Å². The molecule has 0 aliphatic carbocycles. The number of allylic oxidation sites excluding steroid dienone is 6. The lowest BCUT2D eigenvalue weighted by Crippen LogP contribution is -2.30. The van der Waals surface area contributed by atoms with Crippen molar-refractivity contribution in [3.05, 3.63) is 36.5 Å². The van der Waals surface area contributed by atoms with Gasteiger partial charge in [-0.3, -0.25) is 14.4 Å². The monoisotopic (exact) mass is 1140 g/mol. The molecule has 0 aliphatic heterocycles. The van der Waals surface area contributed by atoms with Crippen LogP contribution in [0, 0.1) is 0 Å². The second-order valence-corrected chi connectivity index (χ2v) is 24.9. The Morgan fingerprint density at radius 2 is 0.444 bits per heavy atom. The predicted molar refractivity (Wildman–Crippen MR) is 353 cm³/mol. The maximum Gasteiger partial charge on any atom is 0.306 e. The maximum atomic E-state index is 13.0. The first-order chi connectivity index (χ1) is 40.0. The van der Waals surface area contributed by atoms with Crippen molar-refractivity contribution in [2.24, 2.45) is 0 Å². The summed E-state index contributed by atoms with van der Waals surface area (Å²) in [6, 6.07) is 0. The van der Waals surface area contributed by atoms with Crippen LogP contribution in [0.3, 0.4) is 0 Å². The fourth-order valence-corrected chi connectivity index (χ4v) is 11.1. The zero-order valence-electron chi connectivity index (χ0n) is 54.8. The highest BCUT2D eigenvalue weighted by atomic mass is 16.6. The molecule has 0 bridgehead atoms. The normalized spacial score (nSPS) is 12.2. The fraction of sp³-hybridized carbons (Fsp3) is 0.880. The van der Waals surface area contributed by atoms with E-state index in [0.717, 1.165) is 64.2 Å². The summed E-state index contributed by atoms with van der Waals surface area (Å²) in [5.41, 5.74) is 0. The molecule has 1 atom stereocenters. The van der Waals surface area contributed by atoms with Crippen LogP contribution in [0.1, 0.15) is 406 Å². The number of esters is 3. The standard InChI is InChI=1S/C75H140O6/c1-4-7-10-13-16-19-22-25-28-30-32-34-36-37-39-40-42-44-47-50-53-56-59-62-65-68-74(77)80-71-72(70-79-73(76)67-64-61-58-55-52-49-46-27-24-21-18-15-12-9-6-3)81-75(78)69-66-63-60-57-54-51-48-45-43-41-38-35-33-31-29-26-23-20-17-14-11-8-5-2/h22,25,30-33,72H,4-21,23-24,26-29,34-71H2,1-3H3/b25-22-,32-30-,33-31-. The molecule has 0 radical (unpaired) electrons. The molecule has 0 saturated carbocycles. The number of carbonyl (C=O) groups excluding carboxylic acids is 3. The van der Waals surface area contributed by atoms with Gasteiger partial charge in [-0.05, 0) is 77.0 Å². The molecule has 0 aromatic rings. The molecule has 0 aliphatic rings. The van der Waals surface area contributed by atoms with Gasteiger partial charge in [-0.2, -0.15) is 0 Å². The fourth-order valence-electron chi connectivity index (χ4n) is 11.1. The van der Waals surface area contributed by atoms with Crippen LogP contribution in [-0.2, 0) is 28.6 Å². The molecular weight excluding hydrogens is 997 g/mol. The lowest BCUT2D eigenvalue weighted by molar-refractivity contribution is -0.167. The number of hydrogen-bond donors (Lipinski definition) is 0. The molecule has 0 amide bonds. The Morgan fingerprint density at radius 1 is 0.247 bits per heavy atom. The number of rotatable bonds is 68. The molecule has 476 valence electrons. The van der Waals surface area contributed by atoms with Gasteiger partial charge >= 0.3 is 17.9 Å². The van der Waals surface area contributed by atoms with Crippen molar-refractivity contribution in [2.75, 3.05) is 13.2 Å². The van der Waals surface area contributed by atoms with Gasteiger partial charge in [-0.1, -0.05) is 346 Å². The number of unbranched alkanes of at least 4 members (excludes halogenated alkanes) is 51. The summed E-state index contributed by atoms with van der Waals surface area (Å²) in [5, 5.41) is 0. The van der Waals surface area contributed by atoms with Gasteiger partial charge in [0.2, 0.25) is 0 Å². The largest absolute Gasteiger partial charge is 0.462 e. The molecular formula is C75H140O6. The number of carbonyl (C=O) groups is 3. The molecule has 0 rings (SSSR count). The first-order valence-electron chi connectivity index (χ1n) is 36.5. The molecule has 6 nitrogen and oxygen atoms in total. The van der Waals surface area contributed by atoms with Gasteiger partial charge in [-0.15, -0.1) is 0 Å². The van der Waals surface area contributed by atoms with E-state index in [9.17, 15) is 14.4 Å². The highest BCUT2D eigenvalue weighted by Gasteiger charge is 2.19. The van der Waals surface area contributed by atoms with Crippen molar-refractivity contribution in [2.45, 2.75) is 412 Å². The van der Waals surface area contributed by atoms with E-state index in [4.69, 9.17) is 14.2 Å². The third-order valence-electron chi connectivity index (χ3n) is 16.6. The van der Waals surface area contributed by atoms with Crippen LogP contribution in [0.2, 0.25) is 0 Å². The van der Waals surface area contributed by atoms with Gasteiger partial charge in [0.15, 0.2) is 6.10 Å². The van der Waals surface area contributed by atoms with Crippen LogP contribution >= 0.6 is 0 Å². The second-order valence-electron chi connectivity index (χ2n) is 24.9. The molecule has 0 heterocycles. The van der Waals surface area contributed by atoms with E-state index in [0.29, 0.717) is 19.3 Å². The molecule has 0 aromatic carbocycles. The first kappa shape index (κ1) is 78.6. The first-order valence-corrected chi connectivity index (χ1v) is 36.5. The summed E-state index contributed by atoms with van der Waals surface area (Å²) < 4.78 is 17.0. The van der Waals surface area contributed by atoms with Crippen LogP contribution in [0.5, 0.6) is 0 Å². The van der Waals surface area contributed by atoms with Crippen molar-refractivity contribution in [1.29, 1.82) is 0 Å². The summed E-state index contributed by atoms with van der Waals surface area (Å²) in [7, 11) is 0. The number of hydrogen-bond acceptors (Lipinski definition) is 6. The highest BCUT2D eigenvalue weighted by molar-refractivity contribution is 5.71. The Balaban J connectivity index is 4.27. The van der Waals surface area contributed by atoms with Crippen LogP contribution in [0.15, 0.2) is 36.5 Å². The van der Waals surface area contributed by atoms with Crippen molar-refractivity contribution in [3.63, 3.8) is 0 Å². The van der Waals surface area contributed by atoms with E-state index in [1.54, 1.807) is 0 Å². The average molecular weight is 1140 g/mol. The topological polar surface area (TPSA) is 78.9 Å². The van der Waals surface area contributed by atoms with Crippen LogP contribution < -0.4 is 0 Å². The lowest BCUT2D eigenvalue weighted by atomic mass is 10.0. The van der Waals surface area contributed by atoms with Gasteiger partial charge in [0.05, 0.1) is 0 Å². The van der Waals surface area contributed by atoms with Crippen LogP contribution in [0.25, 0.3) is 0 Å². The van der Waals surface area contributed by atoms with E-state index < -0.39 is 6.10 Å². The Morgan fingerprint density at radius 3 is 0.691 bits per heavy atom. The summed E-state index contributed by atoms with van der Waals surface area (Å²) in [5.74, 6) is -0.837. The third-order valence-corrected chi connectivity index (χ3v) is 16.6. The molecule has 0 spiro atoms. The molecule has 0 saturated heterocycles. The molecule has 0 N–H and O–H groups in total. The van der Waals surface area contributed by atoms with Gasteiger partial charge < -0.3 is 14.2 Å². The summed E-state index contributed by atoms with van der Waals surface area (Å²) in [6.45, 7) is 6.71. The second kappa shape index (κ2) is 70.1. The molecule has 81 heavy (non-hydrogen) atoms.